The van der Waals surface area contributed by atoms with Crippen molar-refractivity contribution in [3.63, 3.8) is 0 Å². The summed E-state index contributed by atoms with van der Waals surface area (Å²) in [5.74, 6) is 0.135. The van der Waals surface area contributed by atoms with E-state index in [9.17, 15) is 4.79 Å². The first-order chi connectivity index (χ1) is 9.75. The van der Waals surface area contributed by atoms with E-state index >= 15 is 0 Å². The van der Waals surface area contributed by atoms with Gasteiger partial charge in [-0.2, -0.15) is 0 Å². The van der Waals surface area contributed by atoms with Gasteiger partial charge in [0.2, 0.25) is 0 Å². The summed E-state index contributed by atoms with van der Waals surface area (Å²) >= 11 is 1.37. The highest BCUT2D eigenvalue weighted by atomic mass is 32.1. The number of primary amides is 1. The highest BCUT2D eigenvalue weighted by Crippen LogP contribution is 2.37. The van der Waals surface area contributed by atoms with E-state index in [0.29, 0.717) is 17.2 Å². The molecule has 3 nitrogen and oxygen atoms in total. The third-order valence-corrected chi connectivity index (χ3v) is 4.17. The van der Waals surface area contributed by atoms with Crippen molar-refractivity contribution in [2.75, 3.05) is 0 Å². The molecule has 1 heterocycles. The third kappa shape index (κ3) is 2.38. The Hall–Kier alpha value is -2.33. The van der Waals surface area contributed by atoms with Gasteiger partial charge in [0.1, 0.15) is 11.5 Å². The lowest BCUT2D eigenvalue weighted by molar-refractivity contribution is 0.100. The van der Waals surface area contributed by atoms with Crippen LogP contribution in [-0.4, -0.2) is 5.91 Å². The van der Waals surface area contributed by atoms with Gasteiger partial charge in [-0.05, 0) is 17.7 Å². The molecule has 100 valence electrons. The summed E-state index contributed by atoms with van der Waals surface area (Å²) < 4.78 is 6.85. The summed E-state index contributed by atoms with van der Waals surface area (Å²) in [6, 6.07) is 17.6. The lowest BCUT2D eigenvalue weighted by Crippen LogP contribution is -2.10. The summed E-state index contributed by atoms with van der Waals surface area (Å²) in [5.41, 5.74) is 6.49. The monoisotopic (exact) mass is 283 g/mol. The molecule has 2 aromatic carbocycles. The normalized spacial score (nSPS) is 10.6. The molecule has 0 radical (unpaired) electrons. The van der Waals surface area contributed by atoms with Crippen LogP contribution in [0.15, 0.2) is 54.6 Å². The minimum absolute atomic E-state index is 0.418. The molecule has 0 fully saturated rings. The van der Waals surface area contributed by atoms with Crippen molar-refractivity contribution in [3.05, 3.63) is 65.0 Å². The Balaban J connectivity index is 1.97. The number of rotatable bonds is 4. The van der Waals surface area contributed by atoms with Crippen LogP contribution in [0, 0.1) is 0 Å². The maximum Gasteiger partial charge on any atom is 0.262 e. The maximum absolute atomic E-state index is 11.6. The zero-order valence-corrected chi connectivity index (χ0v) is 11.5. The van der Waals surface area contributed by atoms with Crippen molar-refractivity contribution >= 4 is 27.3 Å². The van der Waals surface area contributed by atoms with Crippen molar-refractivity contribution in [2.24, 2.45) is 5.73 Å². The number of hydrogen-bond acceptors (Lipinski definition) is 3. The third-order valence-electron chi connectivity index (χ3n) is 3.00. The van der Waals surface area contributed by atoms with E-state index in [4.69, 9.17) is 10.5 Å². The smallest absolute Gasteiger partial charge is 0.262 e. The topological polar surface area (TPSA) is 52.3 Å². The quantitative estimate of drug-likeness (QED) is 0.795. The Bertz CT molecular complexity index is 750. The first-order valence-electron chi connectivity index (χ1n) is 6.24. The van der Waals surface area contributed by atoms with Crippen LogP contribution in [0.5, 0.6) is 5.75 Å². The number of carbonyl (C=O) groups excluding carboxylic acids is 1. The van der Waals surface area contributed by atoms with Gasteiger partial charge >= 0.3 is 0 Å². The van der Waals surface area contributed by atoms with E-state index in [1.165, 1.54) is 11.3 Å². The van der Waals surface area contributed by atoms with Gasteiger partial charge in [0.05, 0.1) is 0 Å². The van der Waals surface area contributed by atoms with E-state index in [0.717, 1.165) is 15.6 Å². The van der Waals surface area contributed by atoms with Crippen LogP contribution in [0.25, 0.3) is 10.1 Å². The number of nitrogens with two attached hydrogens (primary N) is 1. The molecule has 0 saturated carbocycles. The Morgan fingerprint density at radius 3 is 2.50 bits per heavy atom. The van der Waals surface area contributed by atoms with Crippen molar-refractivity contribution in [3.8, 4) is 5.75 Å². The molecule has 1 amide bonds. The molecule has 0 aliphatic heterocycles. The van der Waals surface area contributed by atoms with Crippen LogP contribution in [0.2, 0.25) is 0 Å². The fourth-order valence-electron chi connectivity index (χ4n) is 2.06. The fraction of sp³-hybridized carbons (Fsp3) is 0.0625. The highest BCUT2D eigenvalue weighted by Gasteiger charge is 2.17. The van der Waals surface area contributed by atoms with E-state index in [-0.39, 0.29) is 0 Å². The summed E-state index contributed by atoms with van der Waals surface area (Å²) in [4.78, 5) is 12.0. The number of benzene rings is 2. The molecule has 0 saturated heterocycles. The van der Waals surface area contributed by atoms with Crippen LogP contribution >= 0.6 is 11.3 Å². The van der Waals surface area contributed by atoms with E-state index in [1.807, 2.05) is 54.6 Å². The van der Waals surface area contributed by atoms with Crippen LogP contribution in [0.1, 0.15) is 15.2 Å². The van der Waals surface area contributed by atoms with Crippen molar-refractivity contribution in [2.45, 2.75) is 6.61 Å². The van der Waals surface area contributed by atoms with Gasteiger partial charge in [-0.1, -0.05) is 42.5 Å². The van der Waals surface area contributed by atoms with Gasteiger partial charge in [-0.15, -0.1) is 11.3 Å². The van der Waals surface area contributed by atoms with E-state index < -0.39 is 5.91 Å². The van der Waals surface area contributed by atoms with Crippen LogP contribution < -0.4 is 10.5 Å². The molecule has 3 rings (SSSR count). The number of hydrogen-bond donors (Lipinski definition) is 1. The first kappa shape index (κ1) is 12.7. The molecule has 0 unspecified atom stereocenters. The first-order valence-corrected chi connectivity index (χ1v) is 7.05. The van der Waals surface area contributed by atoms with Gasteiger partial charge in [0.15, 0.2) is 5.75 Å². The average molecular weight is 283 g/mol. The molecular weight excluding hydrogens is 270 g/mol. The lowest BCUT2D eigenvalue weighted by atomic mass is 10.2. The number of amides is 1. The summed E-state index contributed by atoms with van der Waals surface area (Å²) in [6.45, 7) is 0.418. The lowest BCUT2D eigenvalue weighted by Gasteiger charge is -2.06. The average Bonchev–Trinajstić information content (AvgIpc) is 2.85. The molecule has 3 aromatic rings. The van der Waals surface area contributed by atoms with Crippen LogP contribution in [0.4, 0.5) is 0 Å². The van der Waals surface area contributed by atoms with Crippen molar-refractivity contribution in [1.82, 2.24) is 0 Å². The molecule has 0 spiro atoms. The molecular formula is C16H13NO2S. The number of ether oxygens (including phenoxy) is 1. The SMILES string of the molecule is NC(=O)c1sc2ccccc2c1OCc1ccccc1. The zero-order valence-electron chi connectivity index (χ0n) is 10.7. The number of fused-ring (bicyclic) bond motifs is 1. The Kier molecular flexibility index (Phi) is 3.39. The molecule has 0 bridgehead atoms. The Morgan fingerprint density at radius 1 is 1.05 bits per heavy atom. The summed E-state index contributed by atoms with van der Waals surface area (Å²) in [6.07, 6.45) is 0. The second kappa shape index (κ2) is 5.35. The number of carbonyl (C=O) groups is 1. The molecule has 2 N–H and O–H groups in total. The molecule has 0 aliphatic carbocycles. The summed E-state index contributed by atoms with van der Waals surface area (Å²) in [5, 5.41) is 0.933. The van der Waals surface area contributed by atoms with Gasteiger partial charge in [0, 0.05) is 10.1 Å². The Labute approximate surface area is 120 Å². The zero-order chi connectivity index (χ0) is 13.9. The second-order valence-corrected chi connectivity index (χ2v) is 5.45. The summed E-state index contributed by atoms with van der Waals surface area (Å²) in [7, 11) is 0. The maximum atomic E-state index is 11.6. The van der Waals surface area contributed by atoms with Gasteiger partial charge in [-0.25, -0.2) is 0 Å². The van der Waals surface area contributed by atoms with E-state index in [2.05, 4.69) is 0 Å². The van der Waals surface area contributed by atoms with Crippen LogP contribution in [0.3, 0.4) is 0 Å². The van der Waals surface area contributed by atoms with Gasteiger partial charge in [-0.3, -0.25) is 4.79 Å². The Morgan fingerprint density at radius 2 is 1.75 bits per heavy atom. The second-order valence-electron chi connectivity index (χ2n) is 4.39. The minimum Gasteiger partial charge on any atom is -0.487 e. The largest absolute Gasteiger partial charge is 0.487 e. The molecule has 4 heteroatoms. The fourth-order valence-corrected chi connectivity index (χ4v) is 3.06. The van der Waals surface area contributed by atoms with E-state index in [1.54, 1.807) is 0 Å². The van der Waals surface area contributed by atoms with Crippen molar-refractivity contribution in [1.29, 1.82) is 0 Å². The number of thiophene rings is 1. The highest BCUT2D eigenvalue weighted by molar-refractivity contribution is 7.21. The van der Waals surface area contributed by atoms with Crippen LogP contribution in [-0.2, 0) is 6.61 Å². The van der Waals surface area contributed by atoms with Gasteiger partial charge < -0.3 is 10.5 Å². The standard InChI is InChI=1S/C16H13NO2S/c17-16(18)15-14(12-8-4-5-9-13(12)20-15)19-10-11-6-2-1-3-7-11/h1-9H,10H2,(H2,17,18). The minimum atomic E-state index is -0.450. The predicted molar refractivity (Wildman–Crippen MR) is 81.1 cm³/mol. The predicted octanol–water partition coefficient (Wildman–Crippen LogP) is 3.58. The van der Waals surface area contributed by atoms with Crippen molar-refractivity contribution < 1.29 is 9.53 Å². The van der Waals surface area contributed by atoms with Gasteiger partial charge in [0.25, 0.3) is 5.91 Å². The molecule has 0 atom stereocenters. The molecule has 20 heavy (non-hydrogen) atoms. The molecule has 0 aliphatic rings. The molecule has 1 aromatic heterocycles.